The SMILES string of the molecule is O=C(O)C[C@@H](Cc1ccccc1)C(=O)Nc1ccc(Nc2cnccn2)nc1-c1ccnc(N2CCNCC2)c1. The van der Waals surface area contributed by atoms with Crippen molar-refractivity contribution in [2.75, 3.05) is 41.7 Å². The van der Waals surface area contributed by atoms with E-state index in [2.05, 4.69) is 35.8 Å². The molecule has 1 fully saturated rings. The van der Waals surface area contributed by atoms with Gasteiger partial charge in [-0.2, -0.15) is 0 Å². The third-order valence-corrected chi connectivity index (χ3v) is 6.55. The molecule has 4 aromatic rings. The minimum Gasteiger partial charge on any atom is -0.481 e. The van der Waals surface area contributed by atoms with Crippen molar-refractivity contribution < 1.29 is 14.7 Å². The molecule has 1 aliphatic rings. The number of hydrogen-bond acceptors (Lipinski definition) is 9. The van der Waals surface area contributed by atoms with Crippen LogP contribution in [0, 0.1) is 5.92 Å². The van der Waals surface area contributed by atoms with Gasteiger partial charge in [0.1, 0.15) is 17.5 Å². The third kappa shape index (κ3) is 6.94. The second kappa shape index (κ2) is 12.8. The van der Waals surface area contributed by atoms with E-state index in [4.69, 9.17) is 4.98 Å². The number of benzene rings is 1. The highest BCUT2D eigenvalue weighted by Crippen LogP contribution is 2.31. The fraction of sp³-hybridized carbons (Fsp3) is 0.241. The molecule has 0 aliphatic carbocycles. The quantitative estimate of drug-likeness (QED) is 0.237. The lowest BCUT2D eigenvalue weighted by atomic mass is 9.95. The van der Waals surface area contributed by atoms with E-state index in [1.165, 1.54) is 0 Å². The molecular weight excluding hydrogens is 508 g/mol. The van der Waals surface area contributed by atoms with Crippen LogP contribution in [0.4, 0.5) is 23.1 Å². The number of rotatable bonds is 10. The summed E-state index contributed by atoms with van der Waals surface area (Å²) in [5.41, 5.74) is 2.64. The number of hydrogen-bond donors (Lipinski definition) is 4. The van der Waals surface area contributed by atoms with Gasteiger partial charge in [-0.3, -0.25) is 14.6 Å². The lowest BCUT2D eigenvalue weighted by Gasteiger charge is -2.28. The Labute approximate surface area is 231 Å². The Morgan fingerprint density at radius 1 is 0.975 bits per heavy atom. The molecule has 11 nitrogen and oxygen atoms in total. The predicted octanol–water partition coefficient (Wildman–Crippen LogP) is 3.36. The number of nitrogens with zero attached hydrogens (tertiary/aromatic N) is 5. The average molecular weight is 539 g/mol. The van der Waals surface area contributed by atoms with E-state index in [1.54, 1.807) is 36.9 Å². The zero-order chi connectivity index (χ0) is 27.7. The fourth-order valence-corrected chi connectivity index (χ4v) is 4.58. The van der Waals surface area contributed by atoms with Crippen LogP contribution in [0.1, 0.15) is 12.0 Å². The Morgan fingerprint density at radius 2 is 1.80 bits per heavy atom. The molecule has 1 amide bonds. The number of carboxylic acids is 1. The minimum absolute atomic E-state index is 0.293. The topological polar surface area (TPSA) is 145 Å². The summed E-state index contributed by atoms with van der Waals surface area (Å²) in [6.45, 7) is 3.40. The molecule has 204 valence electrons. The molecule has 0 saturated carbocycles. The molecule has 5 rings (SSSR count). The number of carbonyl (C=O) groups is 2. The van der Waals surface area contributed by atoms with Crippen molar-refractivity contribution in [3.63, 3.8) is 0 Å². The summed E-state index contributed by atoms with van der Waals surface area (Å²) >= 11 is 0. The van der Waals surface area contributed by atoms with E-state index >= 15 is 0 Å². The lowest BCUT2D eigenvalue weighted by Crippen LogP contribution is -2.43. The molecule has 1 aliphatic heterocycles. The first kappa shape index (κ1) is 26.7. The Bertz CT molecular complexity index is 1450. The average Bonchev–Trinajstić information content (AvgIpc) is 2.99. The highest BCUT2D eigenvalue weighted by Gasteiger charge is 2.24. The van der Waals surface area contributed by atoms with Gasteiger partial charge in [0.15, 0.2) is 0 Å². The van der Waals surface area contributed by atoms with Crippen molar-refractivity contribution in [2.45, 2.75) is 12.8 Å². The largest absolute Gasteiger partial charge is 0.481 e. The molecule has 11 heteroatoms. The van der Waals surface area contributed by atoms with Crippen LogP contribution in [0.25, 0.3) is 11.3 Å². The van der Waals surface area contributed by atoms with Gasteiger partial charge in [-0.1, -0.05) is 30.3 Å². The summed E-state index contributed by atoms with van der Waals surface area (Å²) in [4.78, 5) is 45.0. The maximum Gasteiger partial charge on any atom is 0.304 e. The van der Waals surface area contributed by atoms with Crippen molar-refractivity contribution in [1.82, 2.24) is 25.3 Å². The van der Waals surface area contributed by atoms with Gasteiger partial charge in [0.05, 0.1) is 29.9 Å². The van der Waals surface area contributed by atoms with Crippen LogP contribution in [-0.2, 0) is 16.0 Å². The van der Waals surface area contributed by atoms with Crippen molar-refractivity contribution in [2.24, 2.45) is 5.92 Å². The molecule has 1 atom stereocenters. The number of aromatic nitrogens is 4. The van der Waals surface area contributed by atoms with Crippen molar-refractivity contribution in [3.8, 4) is 11.3 Å². The number of carbonyl (C=O) groups excluding carboxylic acids is 1. The molecular formula is C29H30N8O3. The van der Waals surface area contributed by atoms with Gasteiger partial charge < -0.3 is 26.0 Å². The van der Waals surface area contributed by atoms with Gasteiger partial charge in [-0.15, -0.1) is 0 Å². The van der Waals surface area contributed by atoms with E-state index in [1.807, 2.05) is 42.5 Å². The minimum atomic E-state index is -1.03. The Kier molecular flexibility index (Phi) is 8.52. The summed E-state index contributed by atoms with van der Waals surface area (Å²) < 4.78 is 0. The number of carboxylic acid groups (broad SMARTS) is 1. The Hall–Kier alpha value is -4.90. The van der Waals surface area contributed by atoms with E-state index in [9.17, 15) is 14.7 Å². The predicted molar refractivity (Wildman–Crippen MR) is 152 cm³/mol. The monoisotopic (exact) mass is 538 g/mol. The van der Waals surface area contributed by atoms with Crippen molar-refractivity contribution >= 4 is 35.0 Å². The van der Waals surface area contributed by atoms with Crippen molar-refractivity contribution in [3.05, 3.63) is 84.9 Å². The highest BCUT2D eigenvalue weighted by atomic mass is 16.4. The first-order chi connectivity index (χ1) is 19.5. The van der Waals surface area contributed by atoms with Gasteiger partial charge in [0.2, 0.25) is 5.91 Å². The van der Waals surface area contributed by atoms with E-state index in [-0.39, 0.29) is 12.3 Å². The van der Waals surface area contributed by atoms with E-state index in [0.717, 1.165) is 43.1 Å². The first-order valence-electron chi connectivity index (χ1n) is 13.1. The molecule has 0 spiro atoms. The molecule has 4 heterocycles. The van der Waals surface area contributed by atoms with E-state index in [0.29, 0.717) is 29.4 Å². The second-order valence-corrected chi connectivity index (χ2v) is 9.42. The third-order valence-electron chi connectivity index (χ3n) is 6.55. The van der Waals surface area contributed by atoms with Crippen LogP contribution in [0.3, 0.4) is 0 Å². The number of nitrogens with one attached hydrogen (secondary N) is 3. The molecule has 0 bridgehead atoms. The molecule has 3 aromatic heterocycles. The van der Waals surface area contributed by atoms with Gasteiger partial charge in [0.25, 0.3) is 0 Å². The lowest BCUT2D eigenvalue weighted by molar-refractivity contribution is -0.140. The first-order valence-corrected chi connectivity index (χ1v) is 13.1. The molecule has 40 heavy (non-hydrogen) atoms. The summed E-state index contributed by atoms with van der Waals surface area (Å²) in [5.74, 6) is -0.330. The zero-order valence-corrected chi connectivity index (χ0v) is 21.8. The maximum absolute atomic E-state index is 13.5. The summed E-state index contributed by atoms with van der Waals surface area (Å²) in [7, 11) is 0. The Balaban J connectivity index is 1.47. The van der Waals surface area contributed by atoms with Gasteiger partial charge in [-0.05, 0) is 36.2 Å². The summed E-state index contributed by atoms with van der Waals surface area (Å²) in [5, 5.41) is 19.0. The van der Waals surface area contributed by atoms with Crippen LogP contribution < -0.4 is 20.9 Å². The smallest absolute Gasteiger partial charge is 0.304 e. The van der Waals surface area contributed by atoms with Crippen LogP contribution in [-0.4, -0.2) is 63.1 Å². The second-order valence-electron chi connectivity index (χ2n) is 9.42. The van der Waals surface area contributed by atoms with E-state index < -0.39 is 11.9 Å². The summed E-state index contributed by atoms with van der Waals surface area (Å²) in [6.07, 6.45) is 6.49. The van der Waals surface area contributed by atoms with Crippen LogP contribution >= 0.6 is 0 Å². The number of amides is 1. The Morgan fingerprint density at radius 3 is 2.55 bits per heavy atom. The number of aliphatic carboxylic acids is 1. The molecule has 0 unspecified atom stereocenters. The van der Waals surface area contributed by atoms with Crippen LogP contribution in [0.5, 0.6) is 0 Å². The molecule has 1 saturated heterocycles. The maximum atomic E-state index is 13.5. The molecule has 0 radical (unpaired) electrons. The zero-order valence-electron chi connectivity index (χ0n) is 21.8. The highest BCUT2D eigenvalue weighted by molar-refractivity contribution is 5.98. The standard InChI is InChI=1S/C29H30N8O3/c38-27(39)18-22(16-20-4-2-1-3-5-20)29(40)34-23-6-7-24(35-25-19-31-10-11-32-25)36-28(23)21-8-9-33-26(17-21)37-14-12-30-13-15-37/h1-11,17,19,22,30H,12-16,18H2,(H,34,40)(H,38,39)(H,32,35,36)/t22-/m1/s1. The summed E-state index contributed by atoms with van der Waals surface area (Å²) in [6, 6.07) is 16.7. The molecule has 4 N–H and O–H groups in total. The fourth-order valence-electron chi connectivity index (χ4n) is 4.58. The normalized spacial score (nSPS) is 13.8. The van der Waals surface area contributed by atoms with Gasteiger partial charge in [0, 0.05) is 50.3 Å². The number of piperazine rings is 1. The number of pyridine rings is 2. The van der Waals surface area contributed by atoms with Crippen LogP contribution in [0.2, 0.25) is 0 Å². The van der Waals surface area contributed by atoms with Gasteiger partial charge >= 0.3 is 5.97 Å². The van der Waals surface area contributed by atoms with Gasteiger partial charge in [-0.25, -0.2) is 15.0 Å². The number of anilines is 4. The van der Waals surface area contributed by atoms with Crippen LogP contribution in [0.15, 0.2) is 79.4 Å². The molecule has 1 aromatic carbocycles. The van der Waals surface area contributed by atoms with Crippen molar-refractivity contribution in [1.29, 1.82) is 0 Å².